The van der Waals surface area contributed by atoms with Gasteiger partial charge in [-0.05, 0) is 58.9 Å². The van der Waals surface area contributed by atoms with E-state index in [0.29, 0.717) is 18.6 Å². The summed E-state index contributed by atoms with van der Waals surface area (Å²) in [7, 11) is 0. The van der Waals surface area contributed by atoms with Crippen LogP contribution < -0.4 is 4.74 Å². The lowest BCUT2D eigenvalue weighted by molar-refractivity contribution is -0.0425. The number of ketones is 1. The highest BCUT2D eigenvalue weighted by atomic mass is 16.5. The van der Waals surface area contributed by atoms with Gasteiger partial charge in [-0.15, -0.1) is 0 Å². The van der Waals surface area contributed by atoms with Crippen molar-refractivity contribution in [2.75, 3.05) is 0 Å². The Morgan fingerprint density at radius 1 is 0.875 bits per heavy atom. The van der Waals surface area contributed by atoms with E-state index in [-0.39, 0.29) is 5.78 Å². The molecule has 0 saturated carbocycles. The summed E-state index contributed by atoms with van der Waals surface area (Å²) < 4.78 is 6.05. The molecule has 0 atom stereocenters. The first kappa shape index (κ1) is 23.7. The van der Waals surface area contributed by atoms with Gasteiger partial charge in [0.2, 0.25) is 0 Å². The minimum atomic E-state index is -1.47. The first-order valence-electron chi connectivity index (χ1n) is 11.3. The van der Waals surface area contributed by atoms with Gasteiger partial charge in [0, 0.05) is 17.5 Å². The van der Waals surface area contributed by atoms with E-state index in [1.54, 1.807) is 12.1 Å². The molecule has 4 heteroatoms. The molecule has 3 aromatic rings. The average Bonchev–Trinajstić information content (AvgIpc) is 2.82. The molecule has 0 bridgehead atoms. The third-order valence-corrected chi connectivity index (χ3v) is 5.70. The number of benzene rings is 3. The summed E-state index contributed by atoms with van der Waals surface area (Å²) in [6, 6.07) is 19.3. The Balaban J connectivity index is 1.90. The quantitative estimate of drug-likeness (QED) is 0.303. The Hall–Kier alpha value is -2.95. The standard InChI is InChI=1S/C28H32O4/c1-4-7-22-16-23(27(29)6-3)13-15-25(22)26-17-24(14-12-20(26)5-2)32-18-19-8-10-21(11-9-19)28(30)31/h8-17,28,30-31H,4-7,18H2,1-3H3. The number of Topliss-reactive ketones (excluding diaryl/α,β-unsaturated/α-hetero) is 1. The van der Waals surface area contributed by atoms with Gasteiger partial charge in [-0.3, -0.25) is 4.79 Å². The van der Waals surface area contributed by atoms with Crippen LogP contribution in [-0.4, -0.2) is 16.0 Å². The number of aryl methyl sites for hydroxylation is 2. The zero-order chi connectivity index (χ0) is 23.1. The van der Waals surface area contributed by atoms with Gasteiger partial charge in [-0.1, -0.05) is 69.7 Å². The van der Waals surface area contributed by atoms with Crippen molar-refractivity contribution >= 4 is 5.78 Å². The van der Waals surface area contributed by atoms with Crippen molar-refractivity contribution < 1.29 is 19.7 Å². The molecule has 0 aliphatic heterocycles. The fourth-order valence-corrected chi connectivity index (χ4v) is 3.87. The lowest BCUT2D eigenvalue weighted by Crippen LogP contribution is -2.01. The average molecular weight is 433 g/mol. The van der Waals surface area contributed by atoms with Crippen molar-refractivity contribution in [2.45, 2.75) is 59.4 Å². The highest BCUT2D eigenvalue weighted by molar-refractivity contribution is 5.96. The molecular formula is C28H32O4. The highest BCUT2D eigenvalue weighted by Gasteiger charge is 2.13. The van der Waals surface area contributed by atoms with E-state index < -0.39 is 6.29 Å². The van der Waals surface area contributed by atoms with Gasteiger partial charge < -0.3 is 14.9 Å². The minimum Gasteiger partial charge on any atom is -0.489 e. The van der Waals surface area contributed by atoms with E-state index in [4.69, 9.17) is 4.74 Å². The number of carbonyl (C=O) groups is 1. The molecule has 0 aliphatic rings. The predicted molar refractivity (Wildman–Crippen MR) is 128 cm³/mol. The van der Waals surface area contributed by atoms with Gasteiger partial charge >= 0.3 is 0 Å². The Morgan fingerprint density at radius 3 is 2.25 bits per heavy atom. The Kier molecular flexibility index (Phi) is 8.20. The first-order chi connectivity index (χ1) is 15.5. The van der Waals surface area contributed by atoms with E-state index in [0.717, 1.165) is 47.3 Å². The van der Waals surface area contributed by atoms with Crippen LogP contribution in [0.3, 0.4) is 0 Å². The summed E-state index contributed by atoms with van der Waals surface area (Å²) in [5, 5.41) is 18.5. The van der Waals surface area contributed by atoms with Crippen LogP contribution >= 0.6 is 0 Å². The number of hydrogen-bond donors (Lipinski definition) is 2. The highest BCUT2D eigenvalue weighted by Crippen LogP contribution is 2.33. The molecule has 168 valence electrons. The molecule has 0 aromatic heterocycles. The second kappa shape index (κ2) is 11.1. The molecular weight excluding hydrogens is 400 g/mol. The van der Waals surface area contributed by atoms with Crippen LogP contribution in [0.2, 0.25) is 0 Å². The van der Waals surface area contributed by atoms with Gasteiger partial charge in [-0.25, -0.2) is 0 Å². The van der Waals surface area contributed by atoms with Crippen molar-refractivity contribution in [3.63, 3.8) is 0 Å². The van der Waals surface area contributed by atoms with E-state index >= 15 is 0 Å². The molecule has 2 N–H and O–H groups in total. The molecule has 3 aromatic carbocycles. The number of aliphatic hydroxyl groups is 2. The molecule has 4 nitrogen and oxygen atoms in total. The fourth-order valence-electron chi connectivity index (χ4n) is 3.87. The monoisotopic (exact) mass is 432 g/mol. The van der Waals surface area contributed by atoms with Crippen LogP contribution in [0.5, 0.6) is 5.75 Å². The topological polar surface area (TPSA) is 66.8 Å². The summed E-state index contributed by atoms with van der Waals surface area (Å²) >= 11 is 0. The van der Waals surface area contributed by atoms with Crippen molar-refractivity contribution in [2.24, 2.45) is 0 Å². The van der Waals surface area contributed by atoms with E-state index in [2.05, 4.69) is 38.1 Å². The molecule has 32 heavy (non-hydrogen) atoms. The molecule has 0 fully saturated rings. The van der Waals surface area contributed by atoms with Crippen molar-refractivity contribution in [1.29, 1.82) is 0 Å². The van der Waals surface area contributed by atoms with Crippen molar-refractivity contribution in [1.82, 2.24) is 0 Å². The molecule has 0 radical (unpaired) electrons. The van der Waals surface area contributed by atoms with E-state index in [9.17, 15) is 15.0 Å². The summed E-state index contributed by atoms with van der Waals surface area (Å²) in [6.07, 6.45) is 1.87. The summed E-state index contributed by atoms with van der Waals surface area (Å²) in [5.74, 6) is 0.945. The normalized spacial score (nSPS) is 11.1. The van der Waals surface area contributed by atoms with Gasteiger partial charge in [0.05, 0.1) is 0 Å². The maximum Gasteiger partial charge on any atom is 0.178 e. The van der Waals surface area contributed by atoms with Crippen molar-refractivity contribution in [3.8, 4) is 16.9 Å². The summed E-state index contributed by atoms with van der Waals surface area (Å²) in [4.78, 5) is 12.2. The number of carbonyl (C=O) groups excluding carboxylic acids is 1. The first-order valence-corrected chi connectivity index (χ1v) is 11.3. The van der Waals surface area contributed by atoms with E-state index in [1.807, 2.05) is 31.2 Å². The van der Waals surface area contributed by atoms with Crippen LogP contribution in [-0.2, 0) is 19.4 Å². The lowest BCUT2D eigenvalue weighted by atomic mass is 9.90. The second-order valence-corrected chi connectivity index (χ2v) is 7.98. The van der Waals surface area contributed by atoms with Crippen LogP contribution in [0.1, 0.15) is 72.5 Å². The lowest BCUT2D eigenvalue weighted by Gasteiger charge is -2.16. The third-order valence-electron chi connectivity index (χ3n) is 5.70. The predicted octanol–water partition coefficient (Wildman–Crippen LogP) is 6.02. The fraction of sp³-hybridized carbons (Fsp3) is 0.321. The van der Waals surface area contributed by atoms with E-state index in [1.165, 1.54) is 11.1 Å². The Labute approximate surface area is 190 Å². The second-order valence-electron chi connectivity index (χ2n) is 7.98. The van der Waals surface area contributed by atoms with Gasteiger partial charge in [0.25, 0.3) is 0 Å². The molecule has 0 spiro atoms. The van der Waals surface area contributed by atoms with Crippen LogP contribution in [0, 0.1) is 0 Å². The maximum absolute atomic E-state index is 12.2. The summed E-state index contributed by atoms with van der Waals surface area (Å²) in [5.41, 5.74) is 6.91. The van der Waals surface area contributed by atoms with Gasteiger partial charge in [0.1, 0.15) is 12.4 Å². The smallest absolute Gasteiger partial charge is 0.178 e. The Morgan fingerprint density at radius 2 is 1.62 bits per heavy atom. The molecule has 0 unspecified atom stereocenters. The van der Waals surface area contributed by atoms with Gasteiger partial charge in [0.15, 0.2) is 12.1 Å². The number of rotatable bonds is 10. The molecule has 3 rings (SSSR count). The number of ether oxygens (including phenoxy) is 1. The van der Waals surface area contributed by atoms with Gasteiger partial charge in [-0.2, -0.15) is 0 Å². The van der Waals surface area contributed by atoms with Crippen molar-refractivity contribution in [3.05, 3.63) is 88.5 Å². The zero-order valence-corrected chi connectivity index (χ0v) is 19.1. The SMILES string of the molecule is CCCc1cc(C(=O)CC)ccc1-c1cc(OCc2ccc(C(O)O)cc2)ccc1CC. The largest absolute Gasteiger partial charge is 0.489 e. The molecule has 0 aliphatic carbocycles. The number of aliphatic hydroxyl groups excluding tert-OH is 1. The minimum absolute atomic E-state index is 0.168. The maximum atomic E-state index is 12.2. The van der Waals surface area contributed by atoms with Crippen LogP contribution in [0.4, 0.5) is 0 Å². The third kappa shape index (κ3) is 5.64. The Bertz CT molecular complexity index is 1050. The zero-order valence-electron chi connectivity index (χ0n) is 19.1. The molecule has 0 heterocycles. The molecule has 0 saturated heterocycles. The van der Waals surface area contributed by atoms with Crippen LogP contribution in [0.25, 0.3) is 11.1 Å². The number of hydrogen-bond acceptors (Lipinski definition) is 4. The molecule has 0 amide bonds. The summed E-state index contributed by atoms with van der Waals surface area (Å²) in [6.45, 7) is 6.58. The van der Waals surface area contributed by atoms with Crippen LogP contribution in [0.15, 0.2) is 60.7 Å².